The third-order valence-corrected chi connectivity index (χ3v) is 5.24. The van der Waals surface area contributed by atoms with Crippen LogP contribution in [0.15, 0.2) is 83.2 Å². The Kier molecular flexibility index (Phi) is 5.16. The molecule has 0 radical (unpaired) electrons. The van der Waals surface area contributed by atoms with Gasteiger partial charge >= 0.3 is 0 Å². The zero-order valence-corrected chi connectivity index (χ0v) is 15.7. The third kappa shape index (κ3) is 3.79. The number of hydrogen-bond acceptors (Lipinski definition) is 5. The van der Waals surface area contributed by atoms with E-state index in [1.807, 2.05) is 66.0 Å². The molecule has 0 bridgehead atoms. The number of para-hydroxylation sites is 1. The number of nitrogens with zero attached hydrogens (tertiary/aromatic N) is 2. The average molecular weight is 390 g/mol. The van der Waals surface area contributed by atoms with Gasteiger partial charge in [-0.3, -0.25) is 20.0 Å². The van der Waals surface area contributed by atoms with Gasteiger partial charge in [-0.15, -0.1) is 11.3 Å². The molecular weight excluding hydrogens is 372 g/mol. The predicted molar refractivity (Wildman–Crippen MR) is 110 cm³/mol. The first-order chi connectivity index (χ1) is 13.7. The molecule has 1 aromatic heterocycles. The number of hydrogen-bond donors (Lipinski definition) is 2. The molecule has 0 aliphatic carbocycles. The van der Waals surface area contributed by atoms with Crippen molar-refractivity contribution in [1.82, 2.24) is 10.7 Å². The lowest BCUT2D eigenvalue weighted by molar-refractivity contribution is -0.118. The molecule has 140 valence electrons. The lowest BCUT2D eigenvalue weighted by atomic mass is 10.1. The number of amides is 2. The molecule has 1 atom stereocenters. The summed E-state index contributed by atoms with van der Waals surface area (Å²) in [6, 6.07) is 22.5. The van der Waals surface area contributed by atoms with Gasteiger partial charge in [0.15, 0.2) is 0 Å². The lowest BCUT2D eigenvalue weighted by Gasteiger charge is -2.28. The number of anilines is 1. The number of thiophene rings is 1. The normalized spacial score (nSPS) is 14.8. The fourth-order valence-corrected chi connectivity index (χ4v) is 3.75. The predicted octanol–water partition coefficient (Wildman–Crippen LogP) is 2.90. The summed E-state index contributed by atoms with van der Waals surface area (Å²) >= 11 is 1.57. The fraction of sp³-hybridized carbons (Fsp3) is 0.0952. The molecule has 7 heteroatoms. The molecule has 2 amide bonds. The minimum absolute atomic E-state index is 0.0837. The van der Waals surface area contributed by atoms with Crippen molar-refractivity contribution in [3.8, 4) is 0 Å². The number of carbonyl (C=O) groups is 2. The maximum absolute atomic E-state index is 12.9. The Bertz CT molecular complexity index is 988. The van der Waals surface area contributed by atoms with Crippen LogP contribution in [0.1, 0.15) is 16.5 Å². The number of amidine groups is 1. The Hall–Kier alpha value is -3.45. The fourth-order valence-electron chi connectivity index (χ4n) is 2.95. The van der Waals surface area contributed by atoms with Gasteiger partial charge in [0.25, 0.3) is 11.8 Å². The average Bonchev–Trinajstić information content (AvgIpc) is 3.28. The molecule has 0 spiro atoms. The van der Waals surface area contributed by atoms with Crippen LogP contribution in [0.3, 0.4) is 0 Å². The highest BCUT2D eigenvalue weighted by Crippen LogP contribution is 2.26. The summed E-state index contributed by atoms with van der Waals surface area (Å²) in [5, 5.41) is 6.36. The number of nitrogens with one attached hydrogen (secondary N) is 2. The molecule has 2 N–H and O–H groups in total. The van der Waals surface area contributed by atoms with Crippen molar-refractivity contribution < 1.29 is 9.59 Å². The van der Waals surface area contributed by atoms with Gasteiger partial charge in [-0.2, -0.15) is 0 Å². The maximum Gasteiger partial charge on any atom is 0.288 e. The van der Waals surface area contributed by atoms with Crippen molar-refractivity contribution in [3.05, 3.63) is 88.6 Å². The summed E-state index contributed by atoms with van der Waals surface area (Å²) in [5.74, 6) is -0.475. The van der Waals surface area contributed by atoms with E-state index in [2.05, 4.69) is 15.7 Å². The summed E-state index contributed by atoms with van der Waals surface area (Å²) in [7, 11) is 0. The minimum atomic E-state index is -0.365. The standard InChI is InChI=1S/C21H18N4O2S/c26-18-14-22-20(24-25(18)16-10-5-2-6-11-16)21(27)23-19(17-12-7-13-28-17)15-8-3-1-4-9-15/h1-13,19H,14H2,(H,22,24)(H,23,27)/t19-/m0/s1. The number of carbonyl (C=O) groups excluding carboxylic acids is 2. The molecule has 0 saturated carbocycles. The second kappa shape index (κ2) is 8.06. The second-order valence-corrected chi connectivity index (χ2v) is 7.15. The van der Waals surface area contributed by atoms with Crippen LogP contribution >= 0.6 is 11.3 Å². The molecule has 3 aromatic rings. The monoisotopic (exact) mass is 390 g/mol. The van der Waals surface area contributed by atoms with Crippen molar-refractivity contribution >= 4 is 34.7 Å². The molecule has 1 aliphatic rings. The van der Waals surface area contributed by atoms with E-state index < -0.39 is 0 Å². The molecule has 4 rings (SSSR count). The van der Waals surface area contributed by atoms with Gasteiger partial charge < -0.3 is 5.32 Å². The Labute approximate surface area is 166 Å². The van der Waals surface area contributed by atoms with Crippen LogP contribution in [0.4, 0.5) is 5.69 Å². The van der Waals surface area contributed by atoms with Crippen LogP contribution in [0.5, 0.6) is 0 Å². The summed E-state index contributed by atoms with van der Waals surface area (Å²) in [6.45, 7) is -0.0837. The topological polar surface area (TPSA) is 73.8 Å². The summed E-state index contributed by atoms with van der Waals surface area (Å²) < 4.78 is 0. The van der Waals surface area contributed by atoms with Crippen LogP contribution in [-0.4, -0.2) is 24.2 Å². The van der Waals surface area contributed by atoms with Gasteiger partial charge in [0.2, 0.25) is 5.84 Å². The van der Waals surface area contributed by atoms with Crippen molar-refractivity contribution in [3.63, 3.8) is 0 Å². The smallest absolute Gasteiger partial charge is 0.288 e. The van der Waals surface area contributed by atoms with Gasteiger partial charge in [-0.25, -0.2) is 5.01 Å². The van der Waals surface area contributed by atoms with E-state index in [0.29, 0.717) is 5.69 Å². The van der Waals surface area contributed by atoms with Gasteiger partial charge in [0, 0.05) is 4.88 Å². The number of aliphatic imine (C=N–C) groups is 1. The Morgan fingerprint density at radius 1 is 1.04 bits per heavy atom. The molecule has 28 heavy (non-hydrogen) atoms. The molecule has 0 saturated heterocycles. The molecule has 0 fully saturated rings. The number of rotatable bonds is 5. The van der Waals surface area contributed by atoms with Crippen molar-refractivity contribution in [1.29, 1.82) is 0 Å². The van der Waals surface area contributed by atoms with Crippen LogP contribution in [0.2, 0.25) is 0 Å². The Morgan fingerprint density at radius 3 is 2.43 bits per heavy atom. The van der Waals surface area contributed by atoms with Gasteiger partial charge in [0.05, 0.1) is 11.7 Å². The van der Waals surface area contributed by atoms with E-state index in [1.165, 1.54) is 5.01 Å². The highest BCUT2D eigenvalue weighted by atomic mass is 32.1. The largest absolute Gasteiger partial charge is 0.338 e. The first kappa shape index (κ1) is 17.9. The van der Waals surface area contributed by atoms with Crippen molar-refractivity contribution in [2.75, 3.05) is 11.6 Å². The molecule has 2 aromatic carbocycles. The Morgan fingerprint density at radius 2 is 1.75 bits per heavy atom. The first-order valence-electron chi connectivity index (χ1n) is 8.81. The highest BCUT2D eigenvalue weighted by Gasteiger charge is 2.27. The third-order valence-electron chi connectivity index (χ3n) is 4.31. The molecule has 2 heterocycles. The minimum Gasteiger partial charge on any atom is -0.338 e. The Balaban J connectivity index is 1.55. The molecule has 6 nitrogen and oxygen atoms in total. The molecule has 0 unspecified atom stereocenters. The van der Waals surface area contributed by atoms with Crippen LogP contribution in [0, 0.1) is 0 Å². The lowest BCUT2D eigenvalue weighted by Crippen LogP contribution is -2.56. The number of benzene rings is 2. The quantitative estimate of drug-likeness (QED) is 0.704. The second-order valence-electron chi connectivity index (χ2n) is 6.17. The van der Waals surface area contributed by atoms with Gasteiger partial charge in [-0.05, 0) is 29.1 Å². The van der Waals surface area contributed by atoms with Gasteiger partial charge in [0.1, 0.15) is 6.54 Å². The zero-order valence-electron chi connectivity index (χ0n) is 14.9. The van der Waals surface area contributed by atoms with E-state index in [-0.39, 0.29) is 30.2 Å². The van der Waals surface area contributed by atoms with Crippen molar-refractivity contribution in [2.24, 2.45) is 4.99 Å². The summed E-state index contributed by atoms with van der Waals surface area (Å²) in [6.07, 6.45) is 0. The van der Waals surface area contributed by atoms with Crippen LogP contribution in [-0.2, 0) is 9.59 Å². The van der Waals surface area contributed by atoms with E-state index in [4.69, 9.17) is 0 Å². The zero-order chi connectivity index (χ0) is 19.3. The number of hydrazine groups is 1. The van der Waals surface area contributed by atoms with Crippen LogP contribution < -0.4 is 15.8 Å². The molecule has 1 aliphatic heterocycles. The first-order valence-corrected chi connectivity index (χ1v) is 9.68. The van der Waals surface area contributed by atoms with E-state index in [9.17, 15) is 9.59 Å². The highest BCUT2D eigenvalue weighted by molar-refractivity contribution is 7.10. The van der Waals surface area contributed by atoms with Crippen LogP contribution in [0.25, 0.3) is 0 Å². The SMILES string of the molecule is O=C(N[C@@H](c1ccccc1)c1cccs1)C1=NCC(=O)N(c2ccccc2)N1. The maximum atomic E-state index is 12.9. The van der Waals surface area contributed by atoms with Gasteiger partial charge in [-0.1, -0.05) is 54.6 Å². The van der Waals surface area contributed by atoms with E-state index in [1.54, 1.807) is 23.5 Å². The summed E-state index contributed by atoms with van der Waals surface area (Å²) in [4.78, 5) is 30.3. The summed E-state index contributed by atoms with van der Waals surface area (Å²) in [5.41, 5.74) is 4.48. The molecular formula is C21H18N4O2S. The van der Waals surface area contributed by atoms with E-state index in [0.717, 1.165) is 10.4 Å². The van der Waals surface area contributed by atoms with E-state index >= 15 is 0 Å². The van der Waals surface area contributed by atoms with Crippen molar-refractivity contribution in [2.45, 2.75) is 6.04 Å².